The molecule has 0 radical (unpaired) electrons. The van der Waals surface area contributed by atoms with Gasteiger partial charge in [-0.05, 0) is 39.2 Å². The van der Waals surface area contributed by atoms with Gasteiger partial charge in [-0.3, -0.25) is 9.69 Å². The van der Waals surface area contributed by atoms with E-state index < -0.39 is 0 Å². The fraction of sp³-hybridized carbons (Fsp3) is 0.750. The van der Waals surface area contributed by atoms with Crippen LogP contribution in [0.15, 0.2) is 6.20 Å². The van der Waals surface area contributed by atoms with Crippen molar-refractivity contribution in [2.45, 2.75) is 38.6 Å². The zero-order valence-electron chi connectivity index (χ0n) is 16.8. The number of aryl methyl sites for hydroxylation is 1. The predicted molar refractivity (Wildman–Crippen MR) is 108 cm³/mol. The number of carbonyl (C=O) groups is 1. The monoisotopic (exact) mass is 388 g/mol. The third-order valence-corrected chi connectivity index (χ3v) is 6.39. The van der Waals surface area contributed by atoms with Crippen LogP contribution in [0, 0.1) is 12.8 Å². The highest BCUT2D eigenvalue weighted by Crippen LogP contribution is 2.26. The van der Waals surface area contributed by atoms with E-state index in [-0.39, 0.29) is 5.92 Å². The van der Waals surface area contributed by atoms with Crippen LogP contribution in [-0.4, -0.2) is 84.2 Å². The van der Waals surface area contributed by atoms with Crippen molar-refractivity contribution in [2.75, 3.05) is 63.1 Å². The second kappa shape index (κ2) is 8.61. The summed E-state index contributed by atoms with van der Waals surface area (Å²) in [7, 11) is 0. The Morgan fingerprint density at radius 3 is 2.61 bits per heavy atom. The molecule has 0 aromatic carbocycles. The lowest BCUT2D eigenvalue weighted by Crippen LogP contribution is -2.52. The van der Waals surface area contributed by atoms with Gasteiger partial charge in [0, 0.05) is 50.5 Å². The zero-order valence-corrected chi connectivity index (χ0v) is 16.8. The molecular formula is C20H32N6O2. The van der Waals surface area contributed by atoms with Gasteiger partial charge in [0.15, 0.2) is 0 Å². The van der Waals surface area contributed by atoms with E-state index >= 15 is 0 Å². The topological polar surface area (TPSA) is 87.8 Å². The van der Waals surface area contributed by atoms with E-state index in [1.807, 2.05) is 11.8 Å². The molecule has 0 unspecified atom stereocenters. The third kappa shape index (κ3) is 4.22. The first-order valence-electron chi connectivity index (χ1n) is 10.6. The average Bonchev–Trinajstić information content (AvgIpc) is 2.76. The molecule has 0 saturated carbocycles. The molecule has 1 amide bonds. The van der Waals surface area contributed by atoms with Crippen LogP contribution in [-0.2, 0) is 9.53 Å². The molecule has 0 aliphatic carbocycles. The Balaban J connectivity index is 1.31. The van der Waals surface area contributed by atoms with Gasteiger partial charge < -0.3 is 20.3 Å². The van der Waals surface area contributed by atoms with Gasteiger partial charge in [0.2, 0.25) is 11.9 Å². The largest absolute Gasteiger partial charge is 0.383 e. The maximum Gasteiger partial charge on any atom is 0.227 e. The fourth-order valence-electron chi connectivity index (χ4n) is 4.61. The number of ether oxygens (including phenoxy) is 1. The molecule has 4 heterocycles. The van der Waals surface area contributed by atoms with Gasteiger partial charge in [0.25, 0.3) is 0 Å². The first-order chi connectivity index (χ1) is 13.6. The number of nitrogen functional groups attached to an aromatic ring is 1. The Bertz CT molecular complexity index is 685. The molecule has 1 aromatic heterocycles. The molecule has 8 nitrogen and oxygen atoms in total. The molecule has 3 aliphatic rings. The summed E-state index contributed by atoms with van der Waals surface area (Å²) in [6, 6.07) is 0.541. The van der Waals surface area contributed by atoms with Gasteiger partial charge in [0.1, 0.15) is 5.82 Å². The average molecular weight is 389 g/mol. The van der Waals surface area contributed by atoms with Crippen molar-refractivity contribution < 1.29 is 9.53 Å². The van der Waals surface area contributed by atoms with E-state index in [0.29, 0.717) is 31.0 Å². The summed E-state index contributed by atoms with van der Waals surface area (Å²) in [5.74, 6) is 1.77. The fourth-order valence-corrected chi connectivity index (χ4v) is 4.61. The van der Waals surface area contributed by atoms with Crippen LogP contribution in [0.4, 0.5) is 11.8 Å². The van der Waals surface area contributed by atoms with Gasteiger partial charge in [-0.15, -0.1) is 0 Å². The summed E-state index contributed by atoms with van der Waals surface area (Å²) >= 11 is 0. The number of hydrogen-bond acceptors (Lipinski definition) is 7. The second-order valence-electron chi connectivity index (χ2n) is 8.23. The minimum absolute atomic E-state index is 0.144. The molecule has 8 heteroatoms. The number of rotatable bonds is 3. The van der Waals surface area contributed by atoms with E-state index in [2.05, 4.69) is 19.8 Å². The Morgan fingerprint density at radius 1 is 1.14 bits per heavy atom. The van der Waals surface area contributed by atoms with Crippen LogP contribution < -0.4 is 10.6 Å². The molecule has 4 rings (SSSR count). The first kappa shape index (κ1) is 19.4. The number of piperidine rings is 2. The molecule has 28 heavy (non-hydrogen) atoms. The van der Waals surface area contributed by atoms with Crippen molar-refractivity contribution in [2.24, 2.45) is 5.92 Å². The van der Waals surface area contributed by atoms with Crippen LogP contribution in [0.25, 0.3) is 0 Å². The third-order valence-electron chi connectivity index (χ3n) is 6.39. The van der Waals surface area contributed by atoms with E-state index in [4.69, 9.17) is 10.5 Å². The van der Waals surface area contributed by atoms with E-state index in [0.717, 1.165) is 76.5 Å². The van der Waals surface area contributed by atoms with Crippen LogP contribution in [0.3, 0.4) is 0 Å². The molecular weight excluding hydrogens is 356 g/mol. The van der Waals surface area contributed by atoms with Gasteiger partial charge in [0.05, 0.1) is 19.1 Å². The van der Waals surface area contributed by atoms with E-state index in [1.54, 1.807) is 6.20 Å². The molecule has 154 valence electrons. The van der Waals surface area contributed by atoms with Crippen LogP contribution in [0.1, 0.15) is 31.2 Å². The number of likely N-dealkylation sites (tertiary alicyclic amines) is 1. The van der Waals surface area contributed by atoms with Crippen LogP contribution >= 0.6 is 0 Å². The molecule has 3 fully saturated rings. The molecule has 0 spiro atoms. The minimum Gasteiger partial charge on any atom is -0.383 e. The molecule has 0 bridgehead atoms. The number of amides is 1. The minimum atomic E-state index is 0.144. The summed E-state index contributed by atoms with van der Waals surface area (Å²) in [5.41, 5.74) is 6.87. The SMILES string of the molecule is Cc1cnc(N2CCC(N3CCC[C@H](C(=O)N4CCOCC4)C3)CC2)nc1N. The Kier molecular flexibility index (Phi) is 5.96. The molecule has 3 aliphatic heterocycles. The van der Waals surface area contributed by atoms with E-state index in [1.165, 1.54) is 0 Å². The lowest BCUT2D eigenvalue weighted by Gasteiger charge is -2.43. The predicted octanol–water partition coefficient (Wildman–Crippen LogP) is 0.907. The number of nitrogens with two attached hydrogens (primary N) is 1. The summed E-state index contributed by atoms with van der Waals surface area (Å²) in [6.07, 6.45) is 6.09. The second-order valence-corrected chi connectivity index (χ2v) is 8.23. The van der Waals surface area contributed by atoms with Crippen molar-refractivity contribution in [3.63, 3.8) is 0 Å². The smallest absolute Gasteiger partial charge is 0.227 e. The summed E-state index contributed by atoms with van der Waals surface area (Å²) < 4.78 is 5.39. The highest BCUT2D eigenvalue weighted by atomic mass is 16.5. The maximum atomic E-state index is 12.9. The van der Waals surface area contributed by atoms with Crippen molar-refractivity contribution in [3.05, 3.63) is 11.8 Å². The molecule has 1 atom stereocenters. The normalized spacial score (nSPS) is 25.1. The highest BCUT2D eigenvalue weighted by molar-refractivity contribution is 5.79. The Labute approximate surface area is 167 Å². The zero-order chi connectivity index (χ0) is 19.5. The van der Waals surface area contributed by atoms with Gasteiger partial charge in [-0.25, -0.2) is 4.98 Å². The standard InChI is InChI=1S/C20H32N6O2/c1-15-13-22-20(23-18(15)21)25-7-4-17(5-8-25)26-6-2-3-16(14-26)19(27)24-9-11-28-12-10-24/h13,16-17H,2-12,14H2,1H3,(H2,21,22,23)/t16-/m0/s1. The lowest BCUT2D eigenvalue weighted by atomic mass is 9.92. The van der Waals surface area contributed by atoms with Gasteiger partial charge in [-0.1, -0.05) is 0 Å². The lowest BCUT2D eigenvalue weighted by molar-refractivity contribution is -0.141. The number of nitrogens with zero attached hydrogens (tertiary/aromatic N) is 5. The van der Waals surface area contributed by atoms with Crippen molar-refractivity contribution in [1.82, 2.24) is 19.8 Å². The van der Waals surface area contributed by atoms with Crippen molar-refractivity contribution in [3.8, 4) is 0 Å². The van der Waals surface area contributed by atoms with Gasteiger partial charge in [-0.2, -0.15) is 4.98 Å². The summed E-state index contributed by atoms with van der Waals surface area (Å²) in [4.78, 5) is 28.6. The number of hydrogen-bond donors (Lipinski definition) is 1. The Morgan fingerprint density at radius 2 is 1.89 bits per heavy atom. The highest BCUT2D eigenvalue weighted by Gasteiger charge is 2.34. The Hall–Kier alpha value is -1.93. The first-order valence-corrected chi connectivity index (χ1v) is 10.6. The van der Waals surface area contributed by atoms with Crippen molar-refractivity contribution in [1.29, 1.82) is 0 Å². The van der Waals surface area contributed by atoms with E-state index in [9.17, 15) is 4.79 Å². The molecule has 1 aromatic rings. The number of anilines is 2. The number of morpholine rings is 1. The molecule has 3 saturated heterocycles. The quantitative estimate of drug-likeness (QED) is 0.823. The number of carbonyl (C=O) groups excluding carboxylic acids is 1. The maximum absolute atomic E-state index is 12.9. The summed E-state index contributed by atoms with van der Waals surface area (Å²) in [6.45, 7) is 8.63. The van der Waals surface area contributed by atoms with Crippen molar-refractivity contribution >= 4 is 17.7 Å². The van der Waals surface area contributed by atoms with Crippen LogP contribution in [0.2, 0.25) is 0 Å². The van der Waals surface area contributed by atoms with Gasteiger partial charge >= 0.3 is 0 Å². The summed E-state index contributed by atoms with van der Waals surface area (Å²) in [5, 5.41) is 0. The molecule has 2 N–H and O–H groups in total. The number of aromatic nitrogens is 2. The van der Waals surface area contributed by atoms with Crippen LogP contribution in [0.5, 0.6) is 0 Å².